The summed E-state index contributed by atoms with van der Waals surface area (Å²) >= 11 is 0. The molecule has 0 rings (SSSR count). The third kappa shape index (κ3) is 7.52. The van der Waals surface area contributed by atoms with E-state index in [4.69, 9.17) is 0 Å². The third-order valence-electron chi connectivity index (χ3n) is 1.32. The minimum absolute atomic E-state index is 0.464. The molecule has 0 saturated heterocycles. The van der Waals surface area contributed by atoms with Gasteiger partial charge in [0.05, 0.1) is 0 Å². The molecule has 0 unspecified atom stereocenters. The van der Waals surface area contributed by atoms with Crippen LogP contribution in [-0.4, -0.2) is 0 Å². The minimum Gasteiger partial charge on any atom is -0.130 e. The van der Waals surface area contributed by atoms with Gasteiger partial charge < -0.3 is 0 Å². The van der Waals surface area contributed by atoms with E-state index in [2.05, 4.69) is 32.6 Å². The Bertz CT molecular complexity index is 129. The van der Waals surface area contributed by atoms with Crippen LogP contribution in [0.25, 0.3) is 0 Å². The van der Waals surface area contributed by atoms with Crippen LogP contribution in [0.1, 0.15) is 40.5 Å². The first kappa shape index (κ1) is 9.52. The second kappa shape index (κ2) is 4.35. The van der Waals surface area contributed by atoms with E-state index >= 15 is 0 Å². The topological polar surface area (TPSA) is 0 Å². The summed E-state index contributed by atoms with van der Waals surface area (Å²) in [5.41, 5.74) is 3.54. The quantitative estimate of drug-likeness (QED) is 0.512. The maximum Gasteiger partial charge on any atom is -0.0269 e. The molecule has 0 aromatic heterocycles. The summed E-state index contributed by atoms with van der Waals surface area (Å²) in [6, 6.07) is 0. The normalized spacial score (nSPS) is 10.4. The van der Waals surface area contributed by atoms with Gasteiger partial charge in [-0.3, -0.25) is 0 Å². The molecule has 58 valence electrons. The lowest BCUT2D eigenvalue weighted by Gasteiger charge is -2.15. The summed E-state index contributed by atoms with van der Waals surface area (Å²) in [5.74, 6) is 0. The fourth-order valence-electron chi connectivity index (χ4n) is 0.706. The molecule has 0 amide bonds. The molecule has 0 heterocycles. The zero-order valence-corrected chi connectivity index (χ0v) is 7.57. The molecule has 10 heavy (non-hydrogen) atoms. The van der Waals surface area contributed by atoms with E-state index < -0.39 is 0 Å². The smallest absolute Gasteiger partial charge is 0.0269 e. The van der Waals surface area contributed by atoms with Crippen LogP contribution >= 0.6 is 0 Å². The van der Waals surface area contributed by atoms with E-state index in [1.807, 2.05) is 13.0 Å². The van der Waals surface area contributed by atoms with E-state index in [0.29, 0.717) is 5.41 Å². The van der Waals surface area contributed by atoms with Gasteiger partial charge in [-0.25, -0.2) is 0 Å². The van der Waals surface area contributed by atoms with Crippen LogP contribution < -0.4 is 0 Å². The molecule has 0 bridgehead atoms. The monoisotopic (exact) mass is 138 g/mol. The number of hydrogen-bond acceptors (Lipinski definition) is 0. The van der Waals surface area contributed by atoms with Crippen LogP contribution in [0.2, 0.25) is 0 Å². The zero-order chi connectivity index (χ0) is 8.04. The molecule has 0 aromatic carbocycles. The molecular formula is C10H18. The van der Waals surface area contributed by atoms with E-state index in [9.17, 15) is 0 Å². The van der Waals surface area contributed by atoms with Crippen LogP contribution in [0.15, 0.2) is 17.9 Å². The Kier molecular flexibility index (Phi) is 4.14. The summed E-state index contributed by atoms with van der Waals surface area (Å²) in [4.78, 5) is 0. The Balaban J connectivity index is 3.47. The van der Waals surface area contributed by atoms with Crippen molar-refractivity contribution >= 4 is 0 Å². The number of hydrogen-bond donors (Lipinski definition) is 0. The van der Waals surface area contributed by atoms with Gasteiger partial charge in [0.25, 0.3) is 0 Å². The van der Waals surface area contributed by atoms with E-state index in [1.54, 1.807) is 0 Å². The standard InChI is InChI=1S/C10H18/c1-5-6-7-8-9-10(2,3)4/h5,7H,8-9H2,1-4H3. The Morgan fingerprint density at radius 3 is 2.30 bits per heavy atom. The summed E-state index contributed by atoms with van der Waals surface area (Å²) in [5, 5.41) is 0. The molecule has 0 aliphatic rings. The molecule has 0 aromatic rings. The van der Waals surface area contributed by atoms with Gasteiger partial charge in [-0.15, -0.1) is 5.73 Å². The molecule has 0 saturated carbocycles. The highest BCUT2D eigenvalue weighted by Crippen LogP contribution is 2.20. The fourth-order valence-corrected chi connectivity index (χ4v) is 0.706. The predicted molar refractivity (Wildman–Crippen MR) is 47.0 cm³/mol. The molecule has 0 radical (unpaired) electrons. The van der Waals surface area contributed by atoms with Crippen molar-refractivity contribution in [3.8, 4) is 0 Å². The van der Waals surface area contributed by atoms with Gasteiger partial charge in [0.2, 0.25) is 0 Å². The molecule has 0 aliphatic carbocycles. The molecule has 0 atom stereocenters. The first-order valence-electron chi connectivity index (χ1n) is 3.92. The molecule has 0 N–H and O–H groups in total. The number of rotatable bonds is 2. The van der Waals surface area contributed by atoms with Gasteiger partial charge in [-0.1, -0.05) is 20.8 Å². The second-order valence-electron chi connectivity index (χ2n) is 3.76. The molecule has 0 spiro atoms. The number of allylic oxidation sites excluding steroid dienone is 1. The Labute approximate surface area is 64.6 Å². The van der Waals surface area contributed by atoms with Crippen molar-refractivity contribution in [2.75, 3.05) is 0 Å². The first-order chi connectivity index (χ1) is 4.56. The van der Waals surface area contributed by atoms with Crippen molar-refractivity contribution in [3.63, 3.8) is 0 Å². The molecular weight excluding hydrogens is 120 g/mol. The highest BCUT2D eigenvalue weighted by atomic mass is 14.1. The Morgan fingerprint density at radius 2 is 1.90 bits per heavy atom. The Morgan fingerprint density at radius 1 is 1.30 bits per heavy atom. The zero-order valence-electron chi connectivity index (χ0n) is 7.57. The van der Waals surface area contributed by atoms with Crippen molar-refractivity contribution in [2.45, 2.75) is 40.5 Å². The SMILES string of the molecule is CC=C=CCCC(C)(C)C. The van der Waals surface area contributed by atoms with E-state index in [1.165, 1.54) is 6.42 Å². The lowest BCUT2D eigenvalue weighted by atomic mass is 9.91. The van der Waals surface area contributed by atoms with Crippen molar-refractivity contribution in [1.82, 2.24) is 0 Å². The fraction of sp³-hybridized carbons (Fsp3) is 0.700. The van der Waals surface area contributed by atoms with Crippen molar-refractivity contribution in [1.29, 1.82) is 0 Å². The van der Waals surface area contributed by atoms with Gasteiger partial charge in [0.15, 0.2) is 0 Å². The van der Waals surface area contributed by atoms with Crippen molar-refractivity contribution < 1.29 is 0 Å². The second-order valence-corrected chi connectivity index (χ2v) is 3.76. The molecule has 0 heteroatoms. The largest absolute Gasteiger partial charge is 0.130 e. The average Bonchev–Trinajstić information content (AvgIpc) is 1.78. The summed E-state index contributed by atoms with van der Waals surface area (Å²) in [7, 11) is 0. The third-order valence-corrected chi connectivity index (χ3v) is 1.32. The lowest BCUT2D eigenvalue weighted by molar-refractivity contribution is 0.381. The highest BCUT2D eigenvalue weighted by Gasteiger charge is 2.06. The molecule has 0 fully saturated rings. The van der Waals surface area contributed by atoms with Crippen LogP contribution in [0.5, 0.6) is 0 Å². The van der Waals surface area contributed by atoms with Crippen LogP contribution in [0.4, 0.5) is 0 Å². The van der Waals surface area contributed by atoms with Gasteiger partial charge in [0, 0.05) is 0 Å². The van der Waals surface area contributed by atoms with Gasteiger partial charge in [-0.05, 0) is 37.3 Å². The maximum atomic E-state index is 3.07. The predicted octanol–water partition coefficient (Wildman–Crippen LogP) is 3.54. The molecule has 0 aliphatic heterocycles. The van der Waals surface area contributed by atoms with Crippen LogP contribution in [0, 0.1) is 5.41 Å². The summed E-state index contributed by atoms with van der Waals surface area (Å²) in [6.45, 7) is 8.77. The van der Waals surface area contributed by atoms with Gasteiger partial charge in [0.1, 0.15) is 0 Å². The Hall–Kier alpha value is -0.480. The summed E-state index contributed by atoms with van der Waals surface area (Å²) < 4.78 is 0. The summed E-state index contributed by atoms with van der Waals surface area (Å²) in [6.07, 6.45) is 6.44. The average molecular weight is 138 g/mol. The lowest BCUT2D eigenvalue weighted by Crippen LogP contribution is -2.02. The van der Waals surface area contributed by atoms with E-state index in [-0.39, 0.29) is 0 Å². The van der Waals surface area contributed by atoms with E-state index in [0.717, 1.165) is 6.42 Å². The van der Waals surface area contributed by atoms with Crippen molar-refractivity contribution in [3.05, 3.63) is 17.9 Å². The minimum atomic E-state index is 0.464. The maximum absolute atomic E-state index is 3.07. The van der Waals surface area contributed by atoms with Gasteiger partial charge in [-0.2, -0.15) is 0 Å². The first-order valence-corrected chi connectivity index (χ1v) is 3.92. The van der Waals surface area contributed by atoms with Crippen molar-refractivity contribution in [2.24, 2.45) is 5.41 Å². The van der Waals surface area contributed by atoms with Crippen LogP contribution in [-0.2, 0) is 0 Å². The highest BCUT2D eigenvalue weighted by molar-refractivity contribution is 4.82. The molecule has 0 nitrogen and oxygen atoms in total. The van der Waals surface area contributed by atoms with Crippen LogP contribution in [0.3, 0.4) is 0 Å². The van der Waals surface area contributed by atoms with Gasteiger partial charge >= 0.3 is 0 Å².